The molecule has 23 heavy (non-hydrogen) atoms. The van der Waals surface area contributed by atoms with Gasteiger partial charge in [-0.25, -0.2) is 9.97 Å². The van der Waals surface area contributed by atoms with Gasteiger partial charge in [0.2, 0.25) is 5.88 Å². The molecule has 0 radical (unpaired) electrons. The minimum Gasteiger partial charge on any atom is -0.472 e. The lowest BCUT2D eigenvalue weighted by Crippen LogP contribution is -2.44. The summed E-state index contributed by atoms with van der Waals surface area (Å²) in [4.78, 5) is 30.9. The molecule has 0 aliphatic carbocycles. The maximum absolute atomic E-state index is 12.5. The van der Waals surface area contributed by atoms with Crippen molar-refractivity contribution in [1.82, 2.24) is 24.8 Å². The highest BCUT2D eigenvalue weighted by Gasteiger charge is 2.26. The van der Waals surface area contributed by atoms with Crippen molar-refractivity contribution in [2.75, 3.05) is 13.1 Å². The highest BCUT2D eigenvalue weighted by molar-refractivity contribution is 5.92. The first-order chi connectivity index (χ1) is 11.1. The van der Waals surface area contributed by atoms with Crippen LogP contribution in [0.25, 0.3) is 0 Å². The van der Waals surface area contributed by atoms with Crippen LogP contribution in [-0.2, 0) is 0 Å². The molecule has 3 rings (SSSR count). The molecule has 0 spiro atoms. The molecule has 1 atom stereocenters. The molecule has 1 aliphatic heterocycles. The first-order valence-corrected chi connectivity index (χ1v) is 7.66. The minimum absolute atomic E-state index is 0.0691. The topological polar surface area (TPSA) is 81.1 Å². The molecule has 0 bridgehead atoms. The van der Waals surface area contributed by atoms with Gasteiger partial charge in [0.25, 0.3) is 5.91 Å². The summed E-state index contributed by atoms with van der Waals surface area (Å²) in [5, 5.41) is 0. The number of piperidine rings is 1. The Kier molecular flexibility index (Phi) is 4.45. The molecular formula is C16H19N5O2. The largest absolute Gasteiger partial charge is 0.472 e. The van der Waals surface area contributed by atoms with Gasteiger partial charge < -0.3 is 9.64 Å². The number of nitrogens with zero attached hydrogens (tertiary/aromatic N) is 5. The molecule has 7 nitrogen and oxygen atoms in total. The SMILES string of the molecule is Cc1cnc(C(=O)N2CCCC(Oc3ccnc(C)n3)C2)cn1. The number of hydrogen-bond acceptors (Lipinski definition) is 6. The lowest BCUT2D eigenvalue weighted by atomic mass is 10.1. The molecular weight excluding hydrogens is 294 g/mol. The molecule has 1 unspecified atom stereocenters. The minimum atomic E-state index is -0.107. The summed E-state index contributed by atoms with van der Waals surface area (Å²) < 4.78 is 5.89. The third-order valence-corrected chi connectivity index (χ3v) is 3.70. The highest BCUT2D eigenvalue weighted by Crippen LogP contribution is 2.18. The summed E-state index contributed by atoms with van der Waals surface area (Å²) in [5.41, 5.74) is 1.16. The van der Waals surface area contributed by atoms with E-state index in [1.165, 1.54) is 6.20 Å². The van der Waals surface area contributed by atoms with E-state index in [4.69, 9.17) is 4.74 Å². The maximum atomic E-state index is 12.5. The van der Waals surface area contributed by atoms with E-state index in [1.807, 2.05) is 13.8 Å². The molecule has 120 valence electrons. The van der Waals surface area contributed by atoms with Crippen molar-refractivity contribution >= 4 is 5.91 Å². The fourth-order valence-electron chi connectivity index (χ4n) is 2.55. The Morgan fingerprint density at radius 2 is 2.13 bits per heavy atom. The zero-order chi connectivity index (χ0) is 16.2. The van der Waals surface area contributed by atoms with Gasteiger partial charge >= 0.3 is 0 Å². The Hall–Kier alpha value is -2.57. The quantitative estimate of drug-likeness (QED) is 0.855. The lowest BCUT2D eigenvalue weighted by Gasteiger charge is -2.32. The summed E-state index contributed by atoms with van der Waals surface area (Å²) in [6, 6.07) is 1.74. The molecule has 1 aliphatic rings. The number of ether oxygens (including phenoxy) is 1. The van der Waals surface area contributed by atoms with Crippen LogP contribution in [0.3, 0.4) is 0 Å². The van der Waals surface area contributed by atoms with Crippen molar-refractivity contribution in [3.63, 3.8) is 0 Å². The van der Waals surface area contributed by atoms with Crippen LogP contribution < -0.4 is 4.74 Å². The molecule has 3 heterocycles. The van der Waals surface area contributed by atoms with Crippen LogP contribution in [0, 0.1) is 13.8 Å². The van der Waals surface area contributed by atoms with Gasteiger partial charge in [0.05, 0.1) is 18.4 Å². The molecule has 1 amide bonds. The van der Waals surface area contributed by atoms with Crippen LogP contribution in [0.15, 0.2) is 24.7 Å². The van der Waals surface area contributed by atoms with Crippen molar-refractivity contribution in [1.29, 1.82) is 0 Å². The number of likely N-dealkylation sites (tertiary alicyclic amines) is 1. The highest BCUT2D eigenvalue weighted by atomic mass is 16.5. The number of aryl methyl sites for hydroxylation is 2. The standard InChI is InChI=1S/C16H19N5O2/c1-11-8-19-14(9-18-11)16(22)21-7-3-4-13(10-21)23-15-5-6-17-12(2)20-15/h5-6,8-9,13H,3-4,7,10H2,1-2H3. The van der Waals surface area contributed by atoms with E-state index in [9.17, 15) is 4.79 Å². The molecule has 1 fully saturated rings. The molecule has 2 aromatic heterocycles. The monoisotopic (exact) mass is 313 g/mol. The molecule has 2 aromatic rings. The van der Waals surface area contributed by atoms with Gasteiger partial charge in [0.1, 0.15) is 17.6 Å². The summed E-state index contributed by atoms with van der Waals surface area (Å²) in [6.45, 7) is 4.89. The number of hydrogen-bond donors (Lipinski definition) is 0. The maximum Gasteiger partial charge on any atom is 0.274 e. The van der Waals surface area contributed by atoms with Crippen molar-refractivity contribution in [3.05, 3.63) is 41.9 Å². The molecule has 1 saturated heterocycles. The van der Waals surface area contributed by atoms with Crippen molar-refractivity contribution in [2.45, 2.75) is 32.8 Å². The predicted molar refractivity (Wildman–Crippen MR) is 83.1 cm³/mol. The first kappa shape index (κ1) is 15.3. The number of amides is 1. The van der Waals surface area contributed by atoms with Gasteiger partial charge in [-0.1, -0.05) is 0 Å². The fourth-order valence-corrected chi connectivity index (χ4v) is 2.55. The lowest BCUT2D eigenvalue weighted by molar-refractivity contribution is 0.0521. The third kappa shape index (κ3) is 3.80. The Morgan fingerprint density at radius 1 is 1.26 bits per heavy atom. The van der Waals surface area contributed by atoms with Crippen LogP contribution in [0.1, 0.15) is 34.8 Å². The second-order valence-electron chi connectivity index (χ2n) is 5.62. The van der Waals surface area contributed by atoms with E-state index in [1.54, 1.807) is 23.4 Å². The average Bonchev–Trinajstić information content (AvgIpc) is 2.55. The summed E-state index contributed by atoms with van der Waals surface area (Å²) in [5.74, 6) is 1.11. The van der Waals surface area contributed by atoms with Gasteiger partial charge in [-0.05, 0) is 26.7 Å². The predicted octanol–water partition coefficient (Wildman–Crippen LogP) is 1.57. The number of rotatable bonds is 3. The summed E-state index contributed by atoms with van der Waals surface area (Å²) in [6.07, 6.45) is 6.52. The molecule has 0 aromatic carbocycles. The van der Waals surface area contributed by atoms with E-state index in [2.05, 4.69) is 19.9 Å². The van der Waals surface area contributed by atoms with Gasteiger partial charge in [-0.3, -0.25) is 9.78 Å². The smallest absolute Gasteiger partial charge is 0.274 e. The van der Waals surface area contributed by atoms with Crippen molar-refractivity contribution in [2.24, 2.45) is 0 Å². The van der Waals surface area contributed by atoms with Gasteiger partial charge in [0, 0.05) is 25.0 Å². The van der Waals surface area contributed by atoms with Crippen LogP contribution >= 0.6 is 0 Å². The summed E-state index contributed by atoms with van der Waals surface area (Å²) in [7, 11) is 0. The first-order valence-electron chi connectivity index (χ1n) is 7.66. The van der Waals surface area contributed by atoms with E-state index in [-0.39, 0.29) is 12.0 Å². The van der Waals surface area contributed by atoms with Crippen molar-refractivity contribution < 1.29 is 9.53 Å². The summed E-state index contributed by atoms with van der Waals surface area (Å²) >= 11 is 0. The second kappa shape index (κ2) is 6.68. The van der Waals surface area contributed by atoms with Crippen molar-refractivity contribution in [3.8, 4) is 5.88 Å². The normalized spacial score (nSPS) is 17.8. The van der Waals surface area contributed by atoms with Crippen LogP contribution in [0.5, 0.6) is 5.88 Å². The van der Waals surface area contributed by atoms with Crippen LogP contribution in [0.4, 0.5) is 0 Å². The van der Waals surface area contributed by atoms with Gasteiger partial charge in [-0.2, -0.15) is 4.98 Å². The zero-order valence-electron chi connectivity index (χ0n) is 13.3. The Bertz CT molecular complexity index is 689. The fraction of sp³-hybridized carbons (Fsp3) is 0.438. The van der Waals surface area contributed by atoms with E-state index in [0.29, 0.717) is 30.5 Å². The van der Waals surface area contributed by atoms with Crippen LogP contribution in [-0.4, -0.2) is 49.9 Å². The molecule has 0 N–H and O–H groups in total. The Balaban J connectivity index is 1.66. The van der Waals surface area contributed by atoms with E-state index >= 15 is 0 Å². The van der Waals surface area contributed by atoms with Gasteiger partial charge in [0.15, 0.2) is 0 Å². The third-order valence-electron chi connectivity index (χ3n) is 3.70. The molecule has 0 saturated carbocycles. The number of carbonyl (C=O) groups is 1. The van der Waals surface area contributed by atoms with E-state index < -0.39 is 0 Å². The van der Waals surface area contributed by atoms with Crippen LogP contribution in [0.2, 0.25) is 0 Å². The zero-order valence-corrected chi connectivity index (χ0v) is 13.3. The number of aromatic nitrogens is 4. The second-order valence-corrected chi connectivity index (χ2v) is 5.62. The molecule has 7 heteroatoms. The number of carbonyl (C=O) groups excluding carboxylic acids is 1. The Labute approximate surface area is 134 Å². The Morgan fingerprint density at radius 3 is 2.87 bits per heavy atom. The van der Waals surface area contributed by atoms with E-state index in [0.717, 1.165) is 18.5 Å². The average molecular weight is 313 g/mol. The van der Waals surface area contributed by atoms with Gasteiger partial charge in [-0.15, -0.1) is 0 Å².